The summed E-state index contributed by atoms with van der Waals surface area (Å²) in [6.45, 7) is 10.1. The van der Waals surface area contributed by atoms with Crippen molar-refractivity contribution < 1.29 is 0 Å². The Kier molecular flexibility index (Phi) is 7.81. The van der Waals surface area contributed by atoms with Gasteiger partial charge in [-0.15, -0.1) is 0 Å². The first-order chi connectivity index (χ1) is 16.6. The van der Waals surface area contributed by atoms with Crippen LogP contribution >= 0.6 is 0 Å². The zero-order chi connectivity index (χ0) is 23.8. The number of piperidine rings is 1. The van der Waals surface area contributed by atoms with E-state index in [0.29, 0.717) is 11.6 Å². The first-order valence-electron chi connectivity index (χ1n) is 12.0. The fourth-order valence-electron chi connectivity index (χ4n) is 4.14. The molecule has 4 N–H and O–H groups in total. The van der Waals surface area contributed by atoms with E-state index in [-0.39, 0.29) is 0 Å². The van der Waals surface area contributed by atoms with Crippen molar-refractivity contribution in [3.05, 3.63) is 85.3 Å². The maximum atomic E-state index is 5.63. The van der Waals surface area contributed by atoms with Gasteiger partial charge in [-0.25, -0.2) is 9.97 Å². The molecule has 0 bridgehead atoms. The van der Waals surface area contributed by atoms with Crippen LogP contribution in [0.1, 0.15) is 38.5 Å². The van der Waals surface area contributed by atoms with E-state index in [1.165, 1.54) is 24.9 Å². The molecule has 1 aliphatic rings. The molecule has 1 aromatic heterocycles. The monoisotopic (exact) mass is 454 g/mol. The summed E-state index contributed by atoms with van der Waals surface area (Å²) in [5, 5.41) is 6.68. The Morgan fingerprint density at radius 3 is 2.29 bits per heavy atom. The molecule has 1 aliphatic heterocycles. The number of hydrogen-bond acceptors (Lipinski definition) is 6. The van der Waals surface area contributed by atoms with Crippen LogP contribution in [0.15, 0.2) is 85.3 Å². The van der Waals surface area contributed by atoms with Crippen molar-refractivity contribution in [1.29, 1.82) is 0 Å². The third kappa shape index (κ3) is 6.61. The summed E-state index contributed by atoms with van der Waals surface area (Å²) in [6, 6.07) is 18.6. The number of nitrogens with two attached hydrogens (primary N) is 1. The van der Waals surface area contributed by atoms with Crippen LogP contribution < -0.4 is 21.3 Å². The summed E-state index contributed by atoms with van der Waals surface area (Å²) in [5.41, 5.74) is 12.5. The largest absolute Gasteiger partial charge is 0.403 e. The fourth-order valence-corrected chi connectivity index (χ4v) is 4.14. The highest BCUT2D eigenvalue weighted by Gasteiger charge is 2.11. The number of nitrogens with one attached hydrogen (secondary N) is 2. The van der Waals surface area contributed by atoms with Crippen LogP contribution in [0.2, 0.25) is 0 Å². The summed E-state index contributed by atoms with van der Waals surface area (Å²) in [6.07, 6.45) is 8.28. The zero-order valence-corrected chi connectivity index (χ0v) is 19.8. The number of hydrogen-bond donors (Lipinski definition) is 3. The molecule has 0 unspecified atom stereocenters. The number of aromatic nitrogens is 2. The second kappa shape index (κ2) is 11.4. The predicted octanol–water partition coefficient (Wildman–Crippen LogP) is 6.45. The van der Waals surface area contributed by atoms with Crippen LogP contribution in [0, 0.1) is 0 Å². The van der Waals surface area contributed by atoms with Gasteiger partial charge in [0.1, 0.15) is 0 Å². The molecule has 0 atom stereocenters. The van der Waals surface area contributed by atoms with Crippen molar-refractivity contribution in [1.82, 2.24) is 9.97 Å². The number of rotatable bonds is 10. The summed E-state index contributed by atoms with van der Waals surface area (Å²) >= 11 is 0. The van der Waals surface area contributed by atoms with E-state index in [1.54, 1.807) is 6.20 Å². The lowest BCUT2D eigenvalue weighted by Gasteiger charge is -2.28. The number of anilines is 4. The second-order valence-electron chi connectivity index (χ2n) is 8.80. The molecule has 0 radical (unpaired) electrons. The van der Waals surface area contributed by atoms with Crippen molar-refractivity contribution >= 4 is 23.0 Å². The summed E-state index contributed by atoms with van der Waals surface area (Å²) in [4.78, 5) is 11.6. The Morgan fingerprint density at radius 2 is 1.59 bits per heavy atom. The van der Waals surface area contributed by atoms with E-state index >= 15 is 0 Å². The molecular formula is C28H34N6. The fraction of sp³-hybridized carbons (Fsp3) is 0.286. The van der Waals surface area contributed by atoms with Crippen LogP contribution in [0.3, 0.4) is 0 Å². The molecule has 34 heavy (non-hydrogen) atoms. The SMILES string of the molecule is C=C(N)CCCC(=C)Nc1ccc(-c2ccnc(Nc3ccc(N4CCCCC4)cc3)n2)cc1. The molecular weight excluding hydrogens is 420 g/mol. The minimum Gasteiger partial charge on any atom is -0.403 e. The summed E-state index contributed by atoms with van der Waals surface area (Å²) in [7, 11) is 0. The van der Waals surface area contributed by atoms with Crippen LogP contribution in [-0.4, -0.2) is 23.1 Å². The Morgan fingerprint density at radius 1 is 0.882 bits per heavy atom. The van der Waals surface area contributed by atoms with Crippen molar-refractivity contribution in [3.63, 3.8) is 0 Å². The molecule has 1 fully saturated rings. The highest BCUT2D eigenvalue weighted by atomic mass is 15.1. The smallest absolute Gasteiger partial charge is 0.227 e. The van der Waals surface area contributed by atoms with E-state index in [4.69, 9.17) is 10.7 Å². The van der Waals surface area contributed by atoms with Crippen LogP contribution in [-0.2, 0) is 0 Å². The number of nitrogens with zero attached hydrogens (tertiary/aromatic N) is 3. The van der Waals surface area contributed by atoms with Gasteiger partial charge in [-0.1, -0.05) is 25.3 Å². The maximum absolute atomic E-state index is 5.63. The Labute approximate surface area is 202 Å². The highest BCUT2D eigenvalue weighted by molar-refractivity contribution is 5.65. The van der Waals surface area contributed by atoms with Gasteiger partial charge in [0.05, 0.1) is 5.69 Å². The van der Waals surface area contributed by atoms with Crippen molar-refractivity contribution in [2.75, 3.05) is 28.6 Å². The Balaban J connectivity index is 1.35. The van der Waals surface area contributed by atoms with Gasteiger partial charge in [0, 0.05) is 53.3 Å². The van der Waals surface area contributed by atoms with E-state index < -0.39 is 0 Å². The topological polar surface area (TPSA) is 79.1 Å². The third-order valence-corrected chi connectivity index (χ3v) is 5.98. The lowest BCUT2D eigenvalue weighted by atomic mass is 10.1. The van der Waals surface area contributed by atoms with Gasteiger partial charge < -0.3 is 21.3 Å². The number of allylic oxidation sites excluding steroid dienone is 2. The molecule has 1 saturated heterocycles. The minimum absolute atomic E-state index is 0.584. The van der Waals surface area contributed by atoms with Crippen LogP contribution in [0.4, 0.5) is 23.0 Å². The van der Waals surface area contributed by atoms with Gasteiger partial charge in [0.25, 0.3) is 0 Å². The molecule has 6 heteroatoms. The van der Waals surface area contributed by atoms with Crippen molar-refractivity contribution in [2.45, 2.75) is 38.5 Å². The average Bonchev–Trinajstić information content (AvgIpc) is 2.85. The van der Waals surface area contributed by atoms with E-state index in [0.717, 1.165) is 60.7 Å². The van der Waals surface area contributed by atoms with Gasteiger partial charge in [0.15, 0.2) is 0 Å². The van der Waals surface area contributed by atoms with E-state index in [1.807, 2.05) is 18.2 Å². The quantitative estimate of drug-likeness (QED) is 0.327. The van der Waals surface area contributed by atoms with Gasteiger partial charge in [-0.05, 0) is 81.0 Å². The van der Waals surface area contributed by atoms with Crippen LogP contribution in [0.25, 0.3) is 11.3 Å². The molecule has 0 saturated carbocycles. The molecule has 3 aromatic rings. The first kappa shape index (κ1) is 23.4. The molecule has 2 heterocycles. The molecule has 2 aromatic carbocycles. The summed E-state index contributed by atoms with van der Waals surface area (Å²) in [5.74, 6) is 0.584. The molecule has 0 aliphatic carbocycles. The predicted molar refractivity (Wildman–Crippen MR) is 143 cm³/mol. The van der Waals surface area contributed by atoms with Gasteiger partial charge in [0.2, 0.25) is 5.95 Å². The molecule has 0 spiro atoms. The van der Waals surface area contributed by atoms with Gasteiger partial charge in [-0.3, -0.25) is 0 Å². The van der Waals surface area contributed by atoms with Crippen molar-refractivity contribution in [3.8, 4) is 11.3 Å². The Hall–Kier alpha value is -3.80. The molecule has 6 nitrogen and oxygen atoms in total. The Bertz CT molecular complexity index is 1100. The standard InChI is InChI=1S/C28H34N6/c1-21(29)7-6-8-22(2)31-24-11-9-23(10-12-24)27-17-18-30-28(33-27)32-25-13-15-26(16-14-25)34-19-4-3-5-20-34/h9-18,31H,1-8,19-20,29H2,(H,30,32,33). The van der Waals surface area contributed by atoms with Crippen LogP contribution in [0.5, 0.6) is 0 Å². The summed E-state index contributed by atoms with van der Waals surface area (Å²) < 4.78 is 0. The lowest BCUT2D eigenvalue weighted by Crippen LogP contribution is -2.29. The number of benzene rings is 2. The average molecular weight is 455 g/mol. The highest BCUT2D eigenvalue weighted by Crippen LogP contribution is 2.25. The minimum atomic E-state index is 0.584. The normalized spacial score (nSPS) is 13.4. The first-order valence-corrected chi connectivity index (χ1v) is 12.0. The zero-order valence-electron chi connectivity index (χ0n) is 19.8. The maximum Gasteiger partial charge on any atom is 0.227 e. The molecule has 0 amide bonds. The van der Waals surface area contributed by atoms with E-state index in [9.17, 15) is 0 Å². The van der Waals surface area contributed by atoms with Crippen molar-refractivity contribution in [2.24, 2.45) is 5.73 Å². The van der Waals surface area contributed by atoms with Gasteiger partial charge >= 0.3 is 0 Å². The second-order valence-corrected chi connectivity index (χ2v) is 8.80. The lowest BCUT2D eigenvalue weighted by molar-refractivity contribution is 0.578. The van der Waals surface area contributed by atoms with E-state index in [2.05, 4.69) is 70.1 Å². The third-order valence-electron chi connectivity index (χ3n) is 5.98. The molecule has 4 rings (SSSR count). The molecule has 176 valence electrons. The van der Waals surface area contributed by atoms with Gasteiger partial charge in [-0.2, -0.15) is 0 Å².